The molecule has 1 atom stereocenters. The summed E-state index contributed by atoms with van der Waals surface area (Å²) in [5, 5.41) is 3.95. The molecule has 112 valence electrons. The maximum atomic E-state index is 5.38. The molecule has 1 aromatic carbocycles. The van der Waals surface area contributed by atoms with Gasteiger partial charge in [-0.25, -0.2) is 0 Å². The van der Waals surface area contributed by atoms with E-state index >= 15 is 0 Å². The minimum atomic E-state index is 0.0754. The lowest BCUT2D eigenvalue weighted by Crippen LogP contribution is -2.24. The molecular weight excluding hydrogens is 266 g/mol. The van der Waals surface area contributed by atoms with Crippen LogP contribution in [0.15, 0.2) is 16.7 Å². The van der Waals surface area contributed by atoms with Gasteiger partial charge in [0.1, 0.15) is 12.6 Å². The summed E-state index contributed by atoms with van der Waals surface area (Å²) in [4.78, 5) is 6.75. The van der Waals surface area contributed by atoms with Gasteiger partial charge >= 0.3 is 0 Å². The summed E-state index contributed by atoms with van der Waals surface area (Å²) in [7, 11) is 1.63. The second-order valence-electron chi connectivity index (χ2n) is 5.67. The lowest BCUT2D eigenvalue weighted by Gasteiger charge is -2.24. The highest BCUT2D eigenvalue weighted by Gasteiger charge is 2.28. The molecule has 1 unspecified atom stereocenters. The molecular formula is C16H21N3O2. The predicted octanol–water partition coefficient (Wildman–Crippen LogP) is 2.96. The number of hydrogen-bond donors (Lipinski definition) is 0. The molecule has 5 nitrogen and oxygen atoms in total. The van der Waals surface area contributed by atoms with Crippen LogP contribution in [-0.4, -0.2) is 23.8 Å². The minimum Gasteiger partial charge on any atom is -0.377 e. The molecule has 0 N–H and O–H groups in total. The third-order valence-electron chi connectivity index (χ3n) is 4.21. The van der Waals surface area contributed by atoms with Gasteiger partial charge in [0.2, 0.25) is 5.89 Å². The van der Waals surface area contributed by atoms with Crippen molar-refractivity contribution < 1.29 is 9.26 Å². The van der Waals surface area contributed by atoms with Gasteiger partial charge in [-0.15, -0.1) is 0 Å². The van der Waals surface area contributed by atoms with Gasteiger partial charge in [-0.2, -0.15) is 4.98 Å². The standard InChI is InChI=1S/C16H21N3O2/c1-10-7-13-5-6-19(14(13)8-11(10)2)12(3)16-17-15(9-20-4)18-21-16/h7-8,12H,5-6,9H2,1-4H3. The van der Waals surface area contributed by atoms with Crippen LogP contribution in [0.5, 0.6) is 0 Å². The second-order valence-corrected chi connectivity index (χ2v) is 5.67. The van der Waals surface area contributed by atoms with Gasteiger partial charge in [0.15, 0.2) is 5.82 Å². The Labute approximate surface area is 124 Å². The summed E-state index contributed by atoms with van der Waals surface area (Å²) in [6, 6.07) is 4.63. The quantitative estimate of drug-likeness (QED) is 0.865. The first-order valence-corrected chi connectivity index (χ1v) is 7.28. The van der Waals surface area contributed by atoms with E-state index in [9.17, 15) is 0 Å². The van der Waals surface area contributed by atoms with Crippen LogP contribution in [0.3, 0.4) is 0 Å². The number of aromatic nitrogens is 2. The first kappa shape index (κ1) is 14.1. The van der Waals surface area contributed by atoms with Crippen LogP contribution in [0.1, 0.15) is 41.4 Å². The van der Waals surface area contributed by atoms with E-state index < -0.39 is 0 Å². The highest BCUT2D eigenvalue weighted by molar-refractivity contribution is 5.61. The summed E-state index contributed by atoms with van der Waals surface area (Å²) in [5.74, 6) is 1.24. The molecule has 2 aromatic rings. The number of benzene rings is 1. The number of rotatable bonds is 4. The number of ether oxygens (including phenoxy) is 1. The Balaban J connectivity index is 1.87. The Morgan fingerprint density at radius 3 is 2.86 bits per heavy atom. The summed E-state index contributed by atoms with van der Waals surface area (Å²) < 4.78 is 10.4. The molecule has 0 spiro atoms. The molecule has 0 amide bonds. The van der Waals surface area contributed by atoms with Crippen molar-refractivity contribution in [3.05, 3.63) is 40.5 Å². The van der Waals surface area contributed by atoms with E-state index in [1.54, 1.807) is 7.11 Å². The van der Waals surface area contributed by atoms with Gasteiger partial charge in [0, 0.05) is 19.3 Å². The largest absolute Gasteiger partial charge is 0.377 e. The van der Waals surface area contributed by atoms with Crippen molar-refractivity contribution in [2.75, 3.05) is 18.6 Å². The zero-order valence-electron chi connectivity index (χ0n) is 13.0. The van der Waals surface area contributed by atoms with E-state index in [1.165, 1.54) is 22.4 Å². The Hall–Kier alpha value is -1.88. The van der Waals surface area contributed by atoms with Gasteiger partial charge in [-0.3, -0.25) is 0 Å². The SMILES string of the molecule is COCc1noc(C(C)N2CCc3cc(C)c(C)cc32)n1. The van der Waals surface area contributed by atoms with Crippen LogP contribution in [0, 0.1) is 13.8 Å². The Bertz CT molecular complexity index is 651. The van der Waals surface area contributed by atoms with E-state index in [2.05, 4.69) is 47.9 Å². The Morgan fingerprint density at radius 1 is 1.33 bits per heavy atom. The molecule has 0 bridgehead atoms. The molecule has 1 aromatic heterocycles. The van der Waals surface area contributed by atoms with Crippen LogP contribution in [-0.2, 0) is 17.8 Å². The Kier molecular flexibility index (Phi) is 3.68. The maximum Gasteiger partial charge on any atom is 0.249 e. The van der Waals surface area contributed by atoms with Crippen molar-refractivity contribution in [2.45, 2.75) is 39.8 Å². The van der Waals surface area contributed by atoms with E-state index in [4.69, 9.17) is 9.26 Å². The van der Waals surface area contributed by atoms with Gasteiger partial charge in [-0.05, 0) is 49.9 Å². The summed E-state index contributed by atoms with van der Waals surface area (Å²) in [6.45, 7) is 7.79. The smallest absolute Gasteiger partial charge is 0.249 e. The lowest BCUT2D eigenvalue weighted by molar-refractivity contribution is 0.174. The monoisotopic (exact) mass is 287 g/mol. The second kappa shape index (κ2) is 5.48. The maximum absolute atomic E-state index is 5.38. The summed E-state index contributed by atoms with van der Waals surface area (Å²) in [6.07, 6.45) is 1.07. The van der Waals surface area contributed by atoms with E-state index in [-0.39, 0.29) is 6.04 Å². The Morgan fingerprint density at radius 2 is 2.10 bits per heavy atom. The predicted molar refractivity (Wildman–Crippen MR) is 80.4 cm³/mol. The molecule has 5 heteroatoms. The molecule has 21 heavy (non-hydrogen) atoms. The number of methoxy groups -OCH3 is 1. The molecule has 0 radical (unpaired) electrons. The normalized spacial score (nSPS) is 15.3. The molecule has 0 saturated carbocycles. The molecule has 1 aliphatic rings. The van der Waals surface area contributed by atoms with E-state index in [1.807, 2.05) is 0 Å². The number of nitrogens with zero attached hydrogens (tertiary/aromatic N) is 3. The van der Waals surface area contributed by atoms with Crippen LogP contribution in [0.4, 0.5) is 5.69 Å². The summed E-state index contributed by atoms with van der Waals surface area (Å²) in [5.41, 5.74) is 5.36. The zero-order chi connectivity index (χ0) is 15.0. The molecule has 0 fully saturated rings. The van der Waals surface area contributed by atoms with Crippen LogP contribution >= 0.6 is 0 Å². The zero-order valence-corrected chi connectivity index (χ0v) is 13.0. The van der Waals surface area contributed by atoms with E-state index in [0.717, 1.165) is 13.0 Å². The fourth-order valence-corrected chi connectivity index (χ4v) is 2.85. The van der Waals surface area contributed by atoms with Crippen molar-refractivity contribution in [3.63, 3.8) is 0 Å². The first-order valence-electron chi connectivity index (χ1n) is 7.28. The fourth-order valence-electron chi connectivity index (χ4n) is 2.85. The van der Waals surface area contributed by atoms with Gasteiger partial charge in [-0.1, -0.05) is 11.2 Å². The molecule has 0 aliphatic carbocycles. The third kappa shape index (κ3) is 2.53. The van der Waals surface area contributed by atoms with Gasteiger partial charge in [0.25, 0.3) is 0 Å². The first-order chi connectivity index (χ1) is 10.1. The van der Waals surface area contributed by atoms with Crippen LogP contribution in [0.25, 0.3) is 0 Å². The highest BCUT2D eigenvalue weighted by atomic mass is 16.5. The topological polar surface area (TPSA) is 51.4 Å². The van der Waals surface area contributed by atoms with Crippen LogP contribution in [0.2, 0.25) is 0 Å². The van der Waals surface area contributed by atoms with Crippen molar-refractivity contribution >= 4 is 5.69 Å². The minimum absolute atomic E-state index is 0.0754. The molecule has 1 aliphatic heterocycles. The van der Waals surface area contributed by atoms with Gasteiger partial charge < -0.3 is 14.2 Å². The number of anilines is 1. The average Bonchev–Trinajstić information content (AvgIpc) is 3.06. The van der Waals surface area contributed by atoms with Crippen molar-refractivity contribution in [1.29, 1.82) is 0 Å². The van der Waals surface area contributed by atoms with Gasteiger partial charge in [0.05, 0.1) is 0 Å². The highest BCUT2D eigenvalue weighted by Crippen LogP contribution is 2.36. The summed E-state index contributed by atoms with van der Waals surface area (Å²) >= 11 is 0. The molecule has 0 saturated heterocycles. The average molecular weight is 287 g/mol. The van der Waals surface area contributed by atoms with Crippen molar-refractivity contribution in [2.24, 2.45) is 0 Å². The van der Waals surface area contributed by atoms with Crippen molar-refractivity contribution in [3.8, 4) is 0 Å². The van der Waals surface area contributed by atoms with Crippen molar-refractivity contribution in [1.82, 2.24) is 10.1 Å². The molecule has 3 rings (SSSR count). The van der Waals surface area contributed by atoms with Crippen LogP contribution < -0.4 is 4.90 Å². The molecule has 2 heterocycles. The lowest BCUT2D eigenvalue weighted by atomic mass is 10.0. The fraction of sp³-hybridized carbons (Fsp3) is 0.500. The number of fused-ring (bicyclic) bond motifs is 1. The number of hydrogen-bond acceptors (Lipinski definition) is 5. The van der Waals surface area contributed by atoms with E-state index in [0.29, 0.717) is 18.3 Å². The third-order valence-corrected chi connectivity index (χ3v) is 4.21. The number of aryl methyl sites for hydroxylation is 2.